The standard InChI is InChI=1S/C11H15NO2.C4H4O4/c1-12-7-10-6-8-5-9(13-2)3-4-11(8)14-10;5-3(6)1-2-4(7)8/h3-5,10,12H,6-7H2,1-2H3;1-2H,(H,5,6)(H,7,8)/b;2-1-. The van der Waals surface area contributed by atoms with Crippen molar-refractivity contribution >= 4 is 11.9 Å². The lowest BCUT2D eigenvalue weighted by atomic mass is 10.1. The minimum absolute atomic E-state index is 0.321. The third-order valence-corrected chi connectivity index (χ3v) is 2.87. The van der Waals surface area contributed by atoms with E-state index in [4.69, 9.17) is 14.6 Å². The van der Waals surface area contributed by atoms with Crippen molar-refractivity contribution in [3.05, 3.63) is 35.9 Å². The van der Waals surface area contributed by atoms with Gasteiger partial charge in [0.1, 0.15) is 18.0 Å². The zero-order chi connectivity index (χ0) is 16.5. The number of aliphatic carboxylic acids is 2. The predicted molar refractivity (Wildman–Crippen MR) is 75.6 cm³/mol. The fourth-order valence-electron chi connectivity index (χ4n) is 1.96. The molecule has 120 valence electrons. The minimum Gasteiger partial charge on any atom is -0.545 e. The lowest BCUT2D eigenvalue weighted by Crippen LogP contribution is -2.82. The number of hydrogen-bond acceptors (Lipinski definition) is 5. The molecule has 0 spiro atoms. The van der Waals surface area contributed by atoms with Crippen LogP contribution >= 0.6 is 0 Å². The number of fused-ring (bicyclic) bond motifs is 1. The molecule has 0 aromatic heterocycles. The lowest BCUT2D eigenvalue weighted by Gasteiger charge is -2.06. The van der Waals surface area contributed by atoms with Gasteiger partial charge >= 0.3 is 5.97 Å². The Bertz CT molecular complexity index is 539. The zero-order valence-electron chi connectivity index (χ0n) is 12.4. The van der Waals surface area contributed by atoms with Gasteiger partial charge in [0.2, 0.25) is 0 Å². The number of benzene rings is 1. The van der Waals surface area contributed by atoms with E-state index in [9.17, 15) is 14.7 Å². The van der Waals surface area contributed by atoms with Gasteiger partial charge in [-0.2, -0.15) is 0 Å². The quantitative estimate of drug-likeness (QED) is 0.645. The van der Waals surface area contributed by atoms with Gasteiger partial charge in [-0.05, 0) is 24.3 Å². The molecule has 22 heavy (non-hydrogen) atoms. The van der Waals surface area contributed by atoms with Crippen LogP contribution in [0.1, 0.15) is 5.56 Å². The van der Waals surface area contributed by atoms with E-state index in [1.165, 1.54) is 5.56 Å². The molecule has 0 aliphatic carbocycles. The summed E-state index contributed by atoms with van der Waals surface area (Å²) in [5.41, 5.74) is 1.26. The first-order valence-corrected chi connectivity index (χ1v) is 6.69. The Kier molecular flexibility index (Phi) is 6.91. The molecule has 0 amide bonds. The summed E-state index contributed by atoms with van der Waals surface area (Å²) >= 11 is 0. The number of quaternary nitrogens is 1. The number of carbonyl (C=O) groups is 2. The van der Waals surface area contributed by atoms with Crippen molar-refractivity contribution < 1.29 is 34.6 Å². The Morgan fingerprint density at radius 3 is 2.73 bits per heavy atom. The van der Waals surface area contributed by atoms with Crippen LogP contribution in [0.2, 0.25) is 0 Å². The third kappa shape index (κ3) is 5.84. The van der Waals surface area contributed by atoms with Gasteiger partial charge in [0.15, 0.2) is 6.10 Å². The fourth-order valence-corrected chi connectivity index (χ4v) is 1.96. The number of likely N-dealkylation sites (N-methyl/N-ethyl adjacent to an activating group) is 1. The van der Waals surface area contributed by atoms with Crippen LogP contribution in [-0.2, 0) is 16.0 Å². The van der Waals surface area contributed by atoms with Crippen LogP contribution < -0.4 is 19.9 Å². The Balaban J connectivity index is 0.000000261. The lowest BCUT2D eigenvalue weighted by molar-refractivity contribution is -0.632. The van der Waals surface area contributed by atoms with E-state index in [-0.39, 0.29) is 0 Å². The molecule has 1 aliphatic rings. The number of rotatable bonds is 5. The molecule has 0 saturated heterocycles. The van der Waals surface area contributed by atoms with E-state index in [0.29, 0.717) is 18.3 Å². The highest BCUT2D eigenvalue weighted by Crippen LogP contribution is 2.31. The average molecular weight is 309 g/mol. The molecule has 0 saturated carbocycles. The van der Waals surface area contributed by atoms with Gasteiger partial charge in [0.05, 0.1) is 20.1 Å². The molecule has 0 bridgehead atoms. The number of carboxylic acid groups (broad SMARTS) is 2. The highest BCUT2D eigenvalue weighted by Gasteiger charge is 2.23. The summed E-state index contributed by atoms with van der Waals surface area (Å²) in [6, 6.07) is 5.99. The third-order valence-electron chi connectivity index (χ3n) is 2.87. The summed E-state index contributed by atoms with van der Waals surface area (Å²) in [5, 5.41) is 19.4. The van der Waals surface area contributed by atoms with Gasteiger partial charge in [-0.25, -0.2) is 4.79 Å². The van der Waals surface area contributed by atoms with Crippen molar-refractivity contribution in [3.63, 3.8) is 0 Å². The molecule has 1 aromatic carbocycles. The first kappa shape index (κ1) is 17.5. The molecular weight excluding hydrogens is 290 g/mol. The van der Waals surface area contributed by atoms with Crippen LogP contribution in [0.15, 0.2) is 30.4 Å². The maximum atomic E-state index is 9.53. The molecule has 1 aliphatic heterocycles. The summed E-state index contributed by atoms with van der Waals surface area (Å²) in [7, 11) is 3.75. The molecule has 0 fully saturated rings. The Hall–Kier alpha value is -2.54. The van der Waals surface area contributed by atoms with E-state index in [0.717, 1.165) is 24.5 Å². The van der Waals surface area contributed by atoms with Crippen LogP contribution in [0.3, 0.4) is 0 Å². The molecule has 7 nitrogen and oxygen atoms in total. The highest BCUT2D eigenvalue weighted by atomic mass is 16.5. The number of nitrogens with two attached hydrogens (primary N) is 1. The van der Waals surface area contributed by atoms with E-state index in [1.54, 1.807) is 7.11 Å². The molecule has 1 unspecified atom stereocenters. The van der Waals surface area contributed by atoms with E-state index in [2.05, 4.69) is 18.4 Å². The first-order valence-electron chi connectivity index (χ1n) is 6.69. The number of ether oxygens (including phenoxy) is 2. The normalized spacial score (nSPS) is 15.5. The largest absolute Gasteiger partial charge is 0.545 e. The van der Waals surface area contributed by atoms with Gasteiger partial charge < -0.3 is 29.8 Å². The Morgan fingerprint density at radius 1 is 1.50 bits per heavy atom. The first-order chi connectivity index (χ1) is 10.5. The van der Waals surface area contributed by atoms with Crippen molar-refractivity contribution in [2.45, 2.75) is 12.5 Å². The zero-order valence-corrected chi connectivity index (χ0v) is 12.4. The maximum Gasteiger partial charge on any atom is 0.328 e. The van der Waals surface area contributed by atoms with Gasteiger partial charge in [0.25, 0.3) is 0 Å². The molecule has 2 rings (SSSR count). The van der Waals surface area contributed by atoms with Gasteiger partial charge in [-0.1, -0.05) is 0 Å². The van der Waals surface area contributed by atoms with Crippen LogP contribution in [-0.4, -0.2) is 43.9 Å². The fraction of sp³-hybridized carbons (Fsp3) is 0.333. The molecule has 0 radical (unpaired) electrons. The monoisotopic (exact) mass is 309 g/mol. The van der Waals surface area contributed by atoms with Gasteiger partial charge in [-0.15, -0.1) is 0 Å². The number of carbonyl (C=O) groups excluding carboxylic acids is 1. The smallest absolute Gasteiger partial charge is 0.328 e. The average Bonchev–Trinajstić information content (AvgIpc) is 2.87. The molecule has 1 heterocycles. The minimum atomic E-state index is -1.51. The van der Waals surface area contributed by atoms with Crippen molar-refractivity contribution in [2.75, 3.05) is 20.7 Å². The topological polar surface area (TPSA) is 113 Å². The Labute approximate surface area is 128 Å². The van der Waals surface area contributed by atoms with E-state index < -0.39 is 11.9 Å². The van der Waals surface area contributed by atoms with Crippen molar-refractivity contribution in [2.24, 2.45) is 0 Å². The summed E-state index contributed by atoms with van der Waals surface area (Å²) in [6.07, 6.45) is 2.26. The second-order valence-electron chi connectivity index (χ2n) is 4.55. The molecule has 7 heteroatoms. The van der Waals surface area contributed by atoms with Crippen LogP contribution in [0.5, 0.6) is 11.5 Å². The second-order valence-corrected chi connectivity index (χ2v) is 4.55. The summed E-state index contributed by atoms with van der Waals surface area (Å²) < 4.78 is 10.9. The molecule has 1 atom stereocenters. The number of carboxylic acids is 2. The van der Waals surface area contributed by atoms with Gasteiger partial charge in [0, 0.05) is 18.1 Å². The van der Waals surface area contributed by atoms with Crippen LogP contribution in [0, 0.1) is 0 Å². The number of hydrogen-bond donors (Lipinski definition) is 2. The Morgan fingerprint density at radius 2 is 2.23 bits per heavy atom. The maximum absolute atomic E-state index is 9.53. The summed E-state index contributed by atoms with van der Waals surface area (Å²) in [4.78, 5) is 19.0. The SMILES string of the molecule is C[NH2+]CC1Cc2cc(OC)ccc2O1.O=C([O-])/C=C\C(=O)O. The summed E-state index contributed by atoms with van der Waals surface area (Å²) in [6.45, 7) is 1.01. The van der Waals surface area contributed by atoms with Gasteiger partial charge in [-0.3, -0.25) is 0 Å². The molecule has 3 N–H and O–H groups in total. The molecule has 1 aromatic rings. The number of methoxy groups -OCH3 is 1. The molecular formula is C15H19NO6. The van der Waals surface area contributed by atoms with Crippen molar-refractivity contribution in [1.82, 2.24) is 0 Å². The van der Waals surface area contributed by atoms with Crippen molar-refractivity contribution in [3.8, 4) is 11.5 Å². The van der Waals surface area contributed by atoms with E-state index in [1.807, 2.05) is 12.1 Å². The summed E-state index contributed by atoms with van der Waals surface area (Å²) in [5.74, 6) is -0.882. The van der Waals surface area contributed by atoms with E-state index >= 15 is 0 Å². The second kappa shape index (κ2) is 8.68. The van der Waals surface area contributed by atoms with Crippen LogP contribution in [0.4, 0.5) is 0 Å². The predicted octanol–water partition coefficient (Wildman–Crippen LogP) is -1.43. The highest BCUT2D eigenvalue weighted by molar-refractivity contribution is 5.88. The van der Waals surface area contributed by atoms with Crippen LogP contribution in [0.25, 0.3) is 0 Å². The van der Waals surface area contributed by atoms with Crippen molar-refractivity contribution in [1.29, 1.82) is 0 Å².